The summed E-state index contributed by atoms with van der Waals surface area (Å²) in [6, 6.07) is 89.6. The number of fused-ring (bicyclic) bond motifs is 11. The zero-order chi connectivity index (χ0) is 59.0. The third kappa shape index (κ3) is 9.34. The van der Waals surface area contributed by atoms with Gasteiger partial charge in [0.05, 0.1) is 5.41 Å². The molecule has 0 amide bonds. The van der Waals surface area contributed by atoms with E-state index in [4.69, 9.17) is 6.58 Å². The molecule has 0 unspecified atom stereocenters. The van der Waals surface area contributed by atoms with E-state index in [1.54, 1.807) is 0 Å². The van der Waals surface area contributed by atoms with Crippen molar-refractivity contribution < 1.29 is 0 Å². The van der Waals surface area contributed by atoms with E-state index in [0.717, 1.165) is 80.3 Å². The Morgan fingerprint density at radius 1 is 0.337 bits per heavy atom. The average molecular weight is 1110 g/mol. The zero-order valence-electron chi connectivity index (χ0n) is 50.5. The van der Waals surface area contributed by atoms with Crippen molar-refractivity contribution in [1.82, 2.24) is 0 Å². The number of hydrogen-bond acceptors (Lipinski definition) is 4. The molecule has 0 saturated heterocycles. The Balaban J connectivity index is 1.12. The van der Waals surface area contributed by atoms with Crippen LogP contribution in [0.1, 0.15) is 73.7 Å². The van der Waals surface area contributed by atoms with Gasteiger partial charge < -0.3 is 19.6 Å². The van der Waals surface area contributed by atoms with Crippen LogP contribution in [-0.4, -0.2) is 0 Å². The lowest BCUT2D eigenvalue weighted by Gasteiger charge is -2.35. The lowest BCUT2D eigenvalue weighted by molar-refractivity contribution is 0.793. The number of benzene rings is 11. The van der Waals surface area contributed by atoms with Crippen LogP contribution >= 0.6 is 0 Å². The van der Waals surface area contributed by atoms with Gasteiger partial charge >= 0.3 is 0 Å². The van der Waals surface area contributed by atoms with Gasteiger partial charge in [0, 0.05) is 68.3 Å². The maximum atomic E-state index is 4.89. The highest BCUT2D eigenvalue weighted by Gasteiger charge is 2.53. The van der Waals surface area contributed by atoms with Gasteiger partial charge in [0.25, 0.3) is 0 Å². The molecule has 4 heteroatoms. The van der Waals surface area contributed by atoms with Crippen LogP contribution in [-0.2, 0) is 11.8 Å². The van der Waals surface area contributed by atoms with Gasteiger partial charge in [-0.2, -0.15) is 0 Å². The van der Waals surface area contributed by atoms with Crippen molar-refractivity contribution in [3.8, 4) is 22.3 Å². The third-order valence-electron chi connectivity index (χ3n) is 17.7. The topological polar surface area (TPSA) is 13.0 Å². The van der Waals surface area contributed by atoms with Crippen molar-refractivity contribution in [3.63, 3.8) is 0 Å². The Hall–Kier alpha value is -10.2. The first-order valence-electron chi connectivity index (χ1n) is 30.1. The Morgan fingerprint density at radius 2 is 0.663 bits per heavy atom. The molecule has 0 atom stereocenters. The van der Waals surface area contributed by atoms with E-state index in [1.807, 2.05) is 0 Å². The smallest absolute Gasteiger partial charge is 0.0728 e. The molecule has 1 spiro atoms. The molecule has 0 radical (unpaired) electrons. The molecule has 0 fully saturated rings. The minimum absolute atomic E-state index is 0.801. The van der Waals surface area contributed by atoms with Crippen molar-refractivity contribution in [3.05, 3.63) is 339 Å². The minimum Gasteiger partial charge on any atom is -0.311 e. The monoisotopic (exact) mass is 1110 g/mol. The summed E-state index contributed by atoms with van der Waals surface area (Å²) in [6.45, 7) is 22.4. The first-order valence-corrected chi connectivity index (χ1v) is 30.1. The van der Waals surface area contributed by atoms with Crippen molar-refractivity contribution in [1.29, 1.82) is 0 Å². The second-order valence-electron chi connectivity index (χ2n) is 24.2. The number of anilines is 11. The molecule has 1 aliphatic heterocycles. The SMILES string of the molecule is C=C1/C=C(C)\C=C/Cc2ccc(C)cc2N1c1ccc2c(c1)C1(c3cc(N(c4cccc(C)c4)c4cccc(C)c4)ccc3-2)c2cc(N(c3cccc(C)c3)c3cccc(C)c3)ccc2-c2ccc(N(c3cccc(C)c3)c3cccc(C)c3)cc21. The van der Waals surface area contributed by atoms with Gasteiger partial charge in [-0.05, 0) is 290 Å². The van der Waals surface area contributed by atoms with Crippen molar-refractivity contribution >= 4 is 62.6 Å². The van der Waals surface area contributed by atoms with Crippen LogP contribution in [0, 0.1) is 48.5 Å². The van der Waals surface area contributed by atoms with Crippen LogP contribution < -0.4 is 19.6 Å². The van der Waals surface area contributed by atoms with E-state index in [0.29, 0.717) is 0 Å². The van der Waals surface area contributed by atoms with Crippen LogP contribution in [0.5, 0.6) is 0 Å². The standard InChI is InChI=1S/C82H70N4/c1-53-17-10-24-62-32-31-60(8)48-81(62)83(61(9)41-53)69-33-37-73-74-38-34-70(84(63-25-11-18-54(2)42-63)64-26-12-19-55(3)43-64)50-78(74)82(77(73)49-69)79-51-71(85(65-27-13-20-56(4)44-65)66-28-14-21-57(5)45-66)35-39-75(79)76-40-36-72(52-80(76)82)86(67-29-15-22-58(6)46-67)68-30-16-23-59(7)47-68/h10-23,25-52H,9,24H2,1-8H3/b17-10-,53-41-. The summed E-state index contributed by atoms with van der Waals surface area (Å²) in [5, 5.41) is 0. The average Bonchev–Trinajstić information content (AvgIpc) is 1.51. The quantitative estimate of drug-likeness (QED) is 0.135. The van der Waals surface area contributed by atoms with Gasteiger partial charge in [-0.3, -0.25) is 0 Å². The number of allylic oxidation sites excluding steroid dienone is 4. The molecular weight excluding hydrogens is 1040 g/mol. The Kier molecular flexibility index (Phi) is 13.4. The van der Waals surface area contributed by atoms with E-state index in [9.17, 15) is 0 Å². The van der Waals surface area contributed by atoms with Gasteiger partial charge in [-0.25, -0.2) is 0 Å². The summed E-state index contributed by atoms with van der Waals surface area (Å²) in [6.07, 6.45) is 7.55. The number of hydrogen-bond donors (Lipinski definition) is 0. The lowest BCUT2D eigenvalue weighted by Crippen LogP contribution is -2.27. The van der Waals surface area contributed by atoms with Gasteiger partial charge in [-0.15, -0.1) is 0 Å². The second-order valence-corrected chi connectivity index (χ2v) is 24.2. The van der Waals surface area contributed by atoms with Gasteiger partial charge in [0.2, 0.25) is 0 Å². The van der Waals surface area contributed by atoms with Crippen molar-refractivity contribution in [2.24, 2.45) is 0 Å². The molecule has 11 aromatic rings. The summed E-state index contributed by atoms with van der Waals surface area (Å²) >= 11 is 0. The van der Waals surface area contributed by atoms with Crippen LogP contribution in [0.3, 0.4) is 0 Å². The van der Waals surface area contributed by atoms with E-state index >= 15 is 0 Å². The van der Waals surface area contributed by atoms with Crippen molar-refractivity contribution in [2.75, 3.05) is 19.6 Å². The predicted octanol–water partition coefficient (Wildman–Crippen LogP) is 22.3. The first-order chi connectivity index (χ1) is 41.8. The maximum absolute atomic E-state index is 4.89. The molecule has 0 aromatic heterocycles. The molecule has 0 bridgehead atoms. The fourth-order valence-electron chi connectivity index (χ4n) is 13.9. The molecule has 0 N–H and O–H groups in total. The van der Waals surface area contributed by atoms with Crippen LogP contribution in [0.2, 0.25) is 0 Å². The van der Waals surface area contributed by atoms with Gasteiger partial charge in [0.1, 0.15) is 0 Å². The highest BCUT2D eigenvalue weighted by atomic mass is 15.2. The number of nitrogens with zero attached hydrogens (tertiary/aromatic N) is 4. The highest BCUT2D eigenvalue weighted by Crippen LogP contribution is 2.65. The van der Waals surface area contributed by atoms with Gasteiger partial charge in [0.15, 0.2) is 0 Å². The molecular formula is C82H70N4. The third-order valence-corrected chi connectivity index (χ3v) is 17.7. The molecule has 3 aliphatic rings. The molecule has 4 nitrogen and oxygen atoms in total. The van der Waals surface area contributed by atoms with E-state index in [2.05, 4.69) is 330 Å². The molecule has 2 aliphatic carbocycles. The zero-order valence-corrected chi connectivity index (χ0v) is 50.5. The summed E-state index contributed by atoms with van der Waals surface area (Å²) in [7, 11) is 0. The summed E-state index contributed by atoms with van der Waals surface area (Å²) in [5.41, 5.74) is 32.7. The normalized spacial score (nSPS) is 14.4. The summed E-state index contributed by atoms with van der Waals surface area (Å²) in [5.74, 6) is 0. The second kappa shape index (κ2) is 21.5. The fourth-order valence-corrected chi connectivity index (χ4v) is 13.9. The largest absolute Gasteiger partial charge is 0.311 e. The van der Waals surface area contributed by atoms with Crippen LogP contribution in [0.4, 0.5) is 62.6 Å². The first kappa shape index (κ1) is 53.8. The molecule has 1 heterocycles. The highest BCUT2D eigenvalue weighted by molar-refractivity contribution is 6.00. The van der Waals surface area contributed by atoms with Crippen LogP contribution in [0.25, 0.3) is 22.3 Å². The molecule has 418 valence electrons. The maximum Gasteiger partial charge on any atom is 0.0728 e. The summed E-state index contributed by atoms with van der Waals surface area (Å²) in [4.78, 5) is 9.78. The predicted molar refractivity (Wildman–Crippen MR) is 364 cm³/mol. The Labute approximate surface area is 508 Å². The minimum atomic E-state index is -0.863. The molecule has 0 saturated carbocycles. The van der Waals surface area contributed by atoms with E-state index in [-0.39, 0.29) is 0 Å². The Bertz CT molecular complexity index is 4180. The van der Waals surface area contributed by atoms with E-state index < -0.39 is 5.41 Å². The Morgan fingerprint density at radius 3 is 1.02 bits per heavy atom. The molecule has 14 rings (SSSR count). The van der Waals surface area contributed by atoms with E-state index in [1.165, 1.54) is 89.0 Å². The number of rotatable bonds is 10. The fraction of sp³-hybridized carbons (Fsp3) is 0.122. The van der Waals surface area contributed by atoms with Crippen molar-refractivity contribution in [2.45, 2.75) is 67.2 Å². The van der Waals surface area contributed by atoms with Crippen LogP contribution in [0.15, 0.2) is 273 Å². The lowest BCUT2D eigenvalue weighted by atomic mass is 9.70. The van der Waals surface area contributed by atoms with Gasteiger partial charge in [-0.1, -0.05) is 128 Å². The molecule has 86 heavy (non-hydrogen) atoms. The molecule has 11 aromatic carbocycles. The summed E-state index contributed by atoms with van der Waals surface area (Å²) < 4.78 is 0. The number of aryl methyl sites for hydroxylation is 7.